The van der Waals surface area contributed by atoms with Crippen LogP contribution < -0.4 is 20.1 Å². The number of aryl methyl sites for hydroxylation is 1. The summed E-state index contributed by atoms with van der Waals surface area (Å²) in [5, 5.41) is 6.18. The molecule has 2 N–H and O–H groups in total. The number of anilines is 2. The van der Waals surface area contributed by atoms with E-state index in [1.165, 1.54) is 0 Å². The van der Waals surface area contributed by atoms with Crippen molar-refractivity contribution in [2.24, 2.45) is 0 Å². The topological polar surface area (TPSA) is 59.6 Å². The van der Waals surface area contributed by atoms with Crippen molar-refractivity contribution in [3.8, 4) is 11.5 Å². The third kappa shape index (κ3) is 6.26. The lowest BCUT2D eigenvalue weighted by molar-refractivity contribution is -0.118. The molecule has 0 aliphatic rings. The Morgan fingerprint density at radius 1 is 0.966 bits per heavy atom. The molecule has 0 saturated carbocycles. The fourth-order valence-electron chi connectivity index (χ4n) is 2.66. The molecule has 29 heavy (non-hydrogen) atoms. The number of rotatable bonds is 8. The van der Waals surface area contributed by atoms with Gasteiger partial charge in [-0.1, -0.05) is 23.8 Å². The zero-order chi connectivity index (χ0) is 20.6. The lowest BCUT2D eigenvalue weighted by Crippen LogP contribution is -2.20. The fraction of sp³-hybridized carbons (Fsp3) is 0.174. The molecule has 0 aliphatic heterocycles. The Hall–Kier alpha value is -2.99. The maximum absolute atomic E-state index is 12.1. The zero-order valence-electron chi connectivity index (χ0n) is 16.4. The molecule has 0 aromatic heterocycles. The predicted octanol–water partition coefficient (Wildman–Crippen LogP) is 5.40. The molecule has 150 valence electrons. The monoisotopic (exact) mass is 454 g/mol. The number of ether oxygens (including phenoxy) is 2. The average Bonchev–Trinajstić information content (AvgIpc) is 2.73. The van der Waals surface area contributed by atoms with Gasteiger partial charge in [0.2, 0.25) is 0 Å². The highest BCUT2D eigenvalue weighted by molar-refractivity contribution is 9.10. The van der Waals surface area contributed by atoms with Gasteiger partial charge in [0.05, 0.1) is 11.6 Å². The minimum atomic E-state index is -0.203. The number of methoxy groups -OCH3 is 1. The third-order valence-electron chi connectivity index (χ3n) is 4.28. The number of benzene rings is 3. The minimum absolute atomic E-state index is 0.0596. The first-order valence-electron chi connectivity index (χ1n) is 9.19. The highest BCUT2D eigenvalue weighted by Crippen LogP contribution is 2.26. The van der Waals surface area contributed by atoms with Crippen molar-refractivity contribution in [3.63, 3.8) is 0 Å². The van der Waals surface area contributed by atoms with Crippen molar-refractivity contribution in [2.75, 3.05) is 24.4 Å². The molecule has 0 radical (unpaired) electrons. The summed E-state index contributed by atoms with van der Waals surface area (Å²) in [6.07, 6.45) is 0. The molecule has 6 heteroatoms. The number of carbonyl (C=O) groups excluding carboxylic acids is 1. The van der Waals surface area contributed by atoms with Gasteiger partial charge < -0.3 is 20.1 Å². The lowest BCUT2D eigenvalue weighted by Gasteiger charge is -2.11. The smallest absolute Gasteiger partial charge is 0.262 e. The van der Waals surface area contributed by atoms with Gasteiger partial charge in [-0.05, 0) is 76.9 Å². The van der Waals surface area contributed by atoms with Crippen LogP contribution in [0.25, 0.3) is 0 Å². The van der Waals surface area contributed by atoms with Gasteiger partial charge in [-0.15, -0.1) is 0 Å². The van der Waals surface area contributed by atoms with Gasteiger partial charge in [0, 0.05) is 17.9 Å². The summed E-state index contributed by atoms with van der Waals surface area (Å²) in [6, 6.07) is 21.2. The van der Waals surface area contributed by atoms with Gasteiger partial charge in [0.15, 0.2) is 6.61 Å². The van der Waals surface area contributed by atoms with Gasteiger partial charge in [-0.2, -0.15) is 0 Å². The molecule has 0 unspecified atom stereocenters. The highest BCUT2D eigenvalue weighted by atomic mass is 79.9. The van der Waals surface area contributed by atoms with Crippen molar-refractivity contribution in [1.82, 2.24) is 0 Å². The summed E-state index contributed by atoms with van der Waals surface area (Å²) in [5.74, 6) is 1.24. The molecule has 5 nitrogen and oxygen atoms in total. The largest absolute Gasteiger partial charge is 0.497 e. The van der Waals surface area contributed by atoms with Crippen LogP contribution in [0.2, 0.25) is 0 Å². The Morgan fingerprint density at radius 2 is 1.66 bits per heavy atom. The molecule has 0 heterocycles. The highest BCUT2D eigenvalue weighted by Gasteiger charge is 2.07. The Labute approximate surface area is 179 Å². The van der Waals surface area contributed by atoms with Crippen LogP contribution in [0.4, 0.5) is 11.4 Å². The summed E-state index contributed by atoms with van der Waals surface area (Å²) < 4.78 is 11.6. The molecular formula is C23H23BrN2O3. The second-order valence-electron chi connectivity index (χ2n) is 6.55. The molecule has 3 aromatic rings. The third-order valence-corrected chi connectivity index (χ3v) is 4.90. The van der Waals surface area contributed by atoms with E-state index in [0.29, 0.717) is 12.3 Å². The Balaban J connectivity index is 1.50. The Bertz CT molecular complexity index is 957. The van der Waals surface area contributed by atoms with E-state index in [1.807, 2.05) is 73.7 Å². The number of amides is 1. The maximum atomic E-state index is 12.1. The van der Waals surface area contributed by atoms with E-state index < -0.39 is 0 Å². The maximum Gasteiger partial charge on any atom is 0.262 e. The number of hydrogen-bond acceptors (Lipinski definition) is 4. The van der Waals surface area contributed by atoms with Gasteiger partial charge in [0.25, 0.3) is 5.91 Å². The normalized spacial score (nSPS) is 10.3. The summed E-state index contributed by atoms with van der Waals surface area (Å²) in [5.41, 5.74) is 3.99. The van der Waals surface area contributed by atoms with Crippen LogP contribution in [0, 0.1) is 6.92 Å². The van der Waals surface area contributed by atoms with Crippen molar-refractivity contribution < 1.29 is 14.3 Å². The average molecular weight is 455 g/mol. The van der Waals surface area contributed by atoms with Crippen LogP contribution in [0.15, 0.2) is 71.2 Å². The molecule has 0 saturated heterocycles. The summed E-state index contributed by atoms with van der Waals surface area (Å²) in [7, 11) is 1.65. The standard InChI is InChI=1S/C23H23BrN2O3/c1-16-3-6-19(7-4-16)26-23(27)15-29-22-12-5-17(13-21(22)24)14-25-18-8-10-20(28-2)11-9-18/h3-13,25H,14-15H2,1-2H3,(H,26,27). The number of nitrogens with one attached hydrogen (secondary N) is 2. The van der Waals surface area contributed by atoms with Crippen molar-refractivity contribution in [3.05, 3.63) is 82.3 Å². The summed E-state index contributed by atoms with van der Waals surface area (Å²) >= 11 is 3.52. The predicted molar refractivity (Wildman–Crippen MR) is 120 cm³/mol. The van der Waals surface area contributed by atoms with Gasteiger partial charge in [0.1, 0.15) is 11.5 Å². The Kier molecular flexibility index (Phi) is 7.14. The SMILES string of the molecule is COc1ccc(NCc2ccc(OCC(=O)Nc3ccc(C)cc3)c(Br)c2)cc1. The van der Waals surface area contributed by atoms with Crippen molar-refractivity contribution >= 4 is 33.2 Å². The molecule has 0 bridgehead atoms. The molecule has 0 fully saturated rings. The zero-order valence-corrected chi connectivity index (χ0v) is 18.0. The lowest BCUT2D eigenvalue weighted by atomic mass is 10.2. The van der Waals surface area contributed by atoms with Crippen LogP contribution >= 0.6 is 15.9 Å². The van der Waals surface area contributed by atoms with Crippen LogP contribution in [0.3, 0.4) is 0 Å². The van der Waals surface area contributed by atoms with Crippen LogP contribution in [0.1, 0.15) is 11.1 Å². The van der Waals surface area contributed by atoms with E-state index in [2.05, 4.69) is 26.6 Å². The number of halogens is 1. The molecular weight excluding hydrogens is 432 g/mol. The molecule has 1 amide bonds. The fourth-order valence-corrected chi connectivity index (χ4v) is 3.20. The van der Waals surface area contributed by atoms with Gasteiger partial charge in [-0.25, -0.2) is 0 Å². The van der Waals surface area contributed by atoms with Gasteiger partial charge >= 0.3 is 0 Å². The summed E-state index contributed by atoms with van der Waals surface area (Å²) in [4.78, 5) is 12.1. The van der Waals surface area contributed by atoms with Crippen molar-refractivity contribution in [2.45, 2.75) is 13.5 Å². The van der Waals surface area contributed by atoms with Crippen LogP contribution in [-0.4, -0.2) is 19.6 Å². The van der Waals surface area contributed by atoms with E-state index in [9.17, 15) is 4.79 Å². The molecule has 3 rings (SSSR count). The van der Waals surface area contributed by atoms with E-state index in [0.717, 1.165) is 32.7 Å². The van der Waals surface area contributed by atoms with E-state index in [1.54, 1.807) is 7.11 Å². The van der Waals surface area contributed by atoms with E-state index in [-0.39, 0.29) is 12.5 Å². The van der Waals surface area contributed by atoms with Crippen LogP contribution in [0.5, 0.6) is 11.5 Å². The first-order valence-corrected chi connectivity index (χ1v) is 9.98. The first-order chi connectivity index (χ1) is 14.0. The Morgan fingerprint density at radius 3 is 2.31 bits per heavy atom. The van der Waals surface area contributed by atoms with E-state index >= 15 is 0 Å². The van der Waals surface area contributed by atoms with E-state index in [4.69, 9.17) is 9.47 Å². The second-order valence-corrected chi connectivity index (χ2v) is 7.40. The van der Waals surface area contributed by atoms with Crippen LogP contribution in [-0.2, 0) is 11.3 Å². The second kappa shape index (κ2) is 9.98. The number of carbonyl (C=O) groups is 1. The molecule has 0 spiro atoms. The molecule has 0 aliphatic carbocycles. The molecule has 0 atom stereocenters. The summed E-state index contributed by atoms with van der Waals surface area (Å²) in [6.45, 7) is 2.61. The van der Waals surface area contributed by atoms with Crippen molar-refractivity contribution in [1.29, 1.82) is 0 Å². The minimum Gasteiger partial charge on any atom is -0.497 e. The van der Waals surface area contributed by atoms with Gasteiger partial charge in [-0.3, -0.25) is 4.79 Å². The number of hydrogen-bond donors (Lipinski definition) is 2. The molecule has 3 aromatic carbocycles. The quantitative estimate of drug-likeness (QED) is 0.478. The first kappa shape index (κ1) is 20.7.